The molecule has 4 rings (SSSR count). The van der Waals surface area contributed by atoms with E-state index in [1.54, 1.807) is 31.4 Å². The van der Waals surface area contributed by atoms with Crippen LogP contribution in [0.4, 0.5) is 5.69 Å². The van der Waals surface area contributed by atoms with Gasteiger partial charge in [0.1, 0.15) is 18.0 Å². The predicted octanol–water partition coefficient (Wildman–Crippen LogP) is 7.74. The van der Waals surface area contributed by atoms with Crippen molar-refractivity contribution in [1.29, 1.82) is 0 Å². The highest BCUT2D eigenvalue weighted by Crippen LogP contribution is 2.39. The van der Waals surface area contributed by atoms with E-state index in [0.29, 0.717) is 51.2 Å². The largest absolute Gasteiger partial charge is 0.494 e. The lowest BCUT2D eigenvalue weighted by Gasteiger charge is -2.15. The molecule has 1 heterocycles. The van der Waals surface area contributed by atoms with Gasteiger partial charge in [0.05, 0.1) is 23.1 Å². The maximum Gasteiger partial charge on any atom is 0.264 e. The summed E-state index contributed by atoms with van der Waals surface area (Å²) in [5, 5.41) is 3.75. The standard InChI is InChI=1S/C26H21Br2ClN2O4S/c1-3-34-22-11-16(10-19(28)24(22)35-14-15-4-6-17(27)7-5-15)12-23-25(32)31-26(36-23)30-20-13-18(29)8-9-21(20)33-2/h4-13H,3,14H2,1-2H3,(H,30,31,32)/b23-12-. The van der Waals surface area contributed by atoms with E-state index in [-0.39, 0.29) is 5.91 Å². The van der Waals surface area contributed by atoms with Gasteiger partial charge in [-0.1, -0.05) is 39.7 Å². The number of methoxy groups -OCH3 is 1. The second-order valence-electron chi connectivity index (χ2n) is 7.48. The Labute approximate surface area is 235 Å². The zero-order chi connectivity index (χ0) is 25.7. The first kappa shape index (κ1) is 26.6. The number of benzene rings is 3. The highest BCUT2D eigenvalue weighted by Gasteiger charge is 2.25. The summed E-state index contributed by atoms with van der Waals surface area (Å²) in [5.41, 5.74) is 2.34. The van der Waals surface area contributed by atoms with Crippen LogP contribution in [-0.2, 0) is 11.4 Å². The van der Waals surface area contributed by atoms with Gasteiger partial charge in [0.15, 0.2) is 16.7 Å². The third-order valence-corrected chi connectivity index (χ3v) is 7.20. The molecular formula is C26H21Br2ClN2O4S. The summed E-state index contributed by atoms with van der Waals surface area (Å²) in [6.07, 6.45) is 1.78. The summed E-state index contributed by atoms with van der Waals surface area (Å²) in [5.74, 6) is 1.49. The van der Waals surface area contributed by atoms with E-state index >= 15 is 0 Å². The van der Waals surface area contributed by atoms with E-state index in [4.69, 9.17) is 25.8 Å². The number of nitrogens with zero attached hydrogens (tertiary/aromatic N) is 1. The fourth-order valence-corrected chi connectivity index (χ4v) is 5.14. The van der Waals surface area contributed by atoms with Crippen molar-refractivity contribution in [2.75, 3.05) is 13.7 Å². The smallest absolute Gasteiger partial charge is 0.264 e. The molecule has 36 heavy (non-hydrogen) atoms. The van der Waals surface area contributed by atoms with Gasteiger partial charge in [0.2, 0.25) is 0 Å². The van der Waals surface area contributed by atoms with Crippen LogP contribution in [-0.4, -0.2) is 24.8 Å². The van der Waals surface area contributed by atoms with Crippen LogP contribution in [0.25, 0.3) is 6.08 Å². The molecule has 3 aromatic carbocycles. The Balaban J connectivity index is 1.57. The monoisotopic (exact) mass is 650 g/mol. The lowest BCUT2D eigenvalue weighted by molar-refractivity contribution is -0.115. The normalized spacial score (nSPS) is 15.3. The van der Waals surface area contributed by atoms with Gasteiger partial charge in [-0.3, -0.25) is 4.79 Å². The van der Waals surface area contributed by atoms with Crippen molar-refractivity contribution < 1.29 is 19.0 Å². The molecule has 3 aromatic rings. The quantitative estimate of drug-likeness (QED) is 0.252. The Morgan fingerprint density at radius 2 is 1.83 bits per heavy atom. The minimum absolute atomic E-state index is 0.246. The Morgan fingerprint density at radius 3 is 2.56 bits per heavy atom. The Morgan fingerprint density at radius 1 is 1.06 bits per heavy atom. The van der Waals surface area contributed by atoms with E-state index in [1.165, 1.54) is 11.8 Å². The number of carbonyl (C=O) groups is 1. The highest BCUT2D eigenvalue weighted by atomic mass is 79.9. The van der Waals surface area contributed by atoms with Crippen LogP contribution in [0.3, 0.4) is 0 Å². The number of rotatable bonds is 8. The number of thioether (sulfide) groups is 1. The van der Waals surface area contributed by atoms with Crippen LogP contribution in [0.15, 0.2) is 73.4 Å². The van der Waals surface area contributed by atoms with E-state index < -0.39 is 0 Å². The average molecular weight is 653 g/mol. The van der Waals surface area contributed by atoms with E-state index in [9.17, 15) is 4.79 Å². The first-order chi connectivity index (χ1) is 17.4. The van der Waals surface area contributed by atoms with Crippen molar-refractivity contribution >= 4 is 78.1 Å². The lowest BCUT2D eigenvalue weighted by Crippen LogP contribution is -2.19. The van der Waals surface area contributed by atoms with Crippen molar-refractivity contribution in [3.8, 4) is 17.2 Å². The van der Waals surface area contributed by atoms with Crippen molar-refractivity contribution in [3.05, 3.63) is 84.6 Å². The van der Waals surface area contributed by atoms with Crippen molar-refractivity contribution in [2.24, 2.45) is 4.99 Å². The number of hydrogen-bond acceptors (Lipinski definition) is 6. The maximum absolute atomic E-state index is 12.6. The summed E-state index contributed by atoms with van der Waals surface area (Å²) < 4.78 is 19.0. The molecule has 6 nitrogen and oxygen atoms in total. The molecule has 0 saturated carbocycles. The van der Waals surface area contributed by atoms with Gasteiger partial charge in [-0.25, -0.2) is 4.99 Å². The molecule has 1 N–H and O–H groups in total. The first-order valence-electron chi connectivity index (χ1n) is 10.8. The number of hydrogen-bond donors (Lipinski definition) is 1. The minimum atomic E-state index is -0.246. The highest BCUT2D eigenvalue weighted by molar-refractivity contribution is 9.10. The van der Waals surface area contributed by atoms with Crippen LogP contribution in [0.2, 0.25) is 5.02 Å². The number of halogens is 3. The minimum Gasteiger partial charge on any atom is -0.494 e. The summed E-state index contributed by atoms with van der Waals surface area (Å²) in [6, 6.07) is 16.8. The van der Waals surface area contributed by atoms with Crippen LogP contribution < -0.4 is 19.5 Å². The molecule has 0 unspecified atom stereocenters. The van der Waals surface area contributed by atoms with Crippen LogP contribution in [0, 0.1) is 0 Å². The first-order valence-corrected chi connectivity index (χ1v) is 13.6. The molecule has 0 atom stereocenters. The Hall–Kier alpha value is -2.46. The Bertz CT molecular complexity index is 1350. The number of nitrogens with one attached hydrogen (secondary N) is 1. The lowest BCUT2D eigenvalue weighted by atomic mass is 10.1. The molecule has 0 aliphatic carbocycles. The molecule has 10 heteroatoms. The van der Waals surface area contributed by atoms with E-state index in [0.717, 1.165) is 20.1 Å². The SMILES string of the molecule is CCOc1cc(/C=C2\SC(=Nc3cc(Cl)ccc3OC)NC2=O)cc(Br)c1OCc1ccc(Br)cc1. The van der Waals surface area contributed by atoms with Crippen LogP contribution >= 0.6 is 55.2 Å². The molecule has 0 radical (unpaired) electrons. The average Bonchev–Trinajstić information content (AvgIpc) is 3.18. The third-order valence-electron chi connectivity index (χ3n) is 4.94. The van der Waals surface area contributed by atoms with E-state index in [1.807, 2.05) is 43.3 Å². The van der Waals surface area contributed by atoms with Crippen LogP contribution in [0.1, 0.15) is 18.1 Å². The molecule has 0 bridgehead atoms. The fraction of sp³-hybridized carbons (Fsp3) is 0.154. The zero-order valence-electron chi connectivity index (χ0n) is 19.3. The van der Waals surface area contributed by atoms with Gasteiger partial charge >= 0.3 is 0 Å². The number of ether oxygens (including phenoxy) is 3. The van der Waals surface area contributed by atoms with Gasteiger partial charge < -0.3 is 19.5 Å². The molecule has 1 aliphatic heterocycles. The van der Waals surface area contributed by atoms with Gasteiger partial charge in [-0.2, -0.15) is 0 Å². The number of amidine groups is 1. The second kappa shape index (κ2) is 12.2. The number of carbonyl (C=O) groups excluding carboxylic acids is 1. The summed E-state index contributed by atoms with van der Waals surface area (Å²) >= 11 is 14.4. The van der Waals surface area contributed by atoms with Gasteiger partial charge in [-0.05, 0) is 94.3 Å². The summed E-state index contributed by atoms with van der Waals surface area (Å²) in [4.78, 5) is 17.6. The van der Waals surface area contributed by atoms with Gasteiger partial charge in [-0.15, -0.1) is 0 Å². The topological polar surface area (TPSA) is 69.2 Å². The molecule has 1 amide bonds. The molecule has 1 aliphatic rings. The molecular weight excluding hydrogens is 632 g/mol. The van der Waals surface area contributed by atoms with Crippen molar-refractivity contribution in [3.63, 3.8) is 0 Å². The molecule has 1 saturated heterocycles. The molecule has 1 fully saturated rings. The Kier molecular flexibility index (Phi) is 9.00. The summed E-state index contributed by atoms with van der Waals surface area (Å²) in [7, 11) is 1.55. The van der Waals surface area contributed by atoms with Gasteiger partial charge in [0.25, 0.3) is 5.91 Å². The van der Waals surface area contributed by atoms with Crippen LogP contribution in [0.5, 0.6) is 17.2 Å². The predicted molar refractivity (Wildman–Crippen MR) is 153 cm³/mol. The number of amides is 1. The zero-order valence-corrected chi connectivity index (χ0v) is 24.1. The maximum atomic E-state index is 12.6. The second-order valence-corrected chi connectivity index (χ2v) is 10.7. The van der Waals surface area contributed by atoms with E-state index in [2.05, 4.69) is 42.2 Å². The summed E-state index contributed by atoms with van der Waals surface area (Å²) in [6.45, 7) is 2.76. The van der Waals surface area contributed by atoms with Crippen molar-refractivity contribution in [2.45, 2.75) is 13.5 Å². The molecule has 0 spiro atoms. The van der Waals surface area contributed by atoms with Crippen molar-refractivity contribution in [1.82, 2.24) is 5.32 Å². The number of aliphatic imine (C=N–C) groups is 1. The van der Waals surface area contributed by atoms with Gasteiger partial charge in [0, 0.05) is 9.50 Å². The fourth-order valence-electron chi connectivity index (χ4n) is 3.30. The molecule has 0 aromatic heterocycles. The third kappa shape index (κ3) is 6.64. The molecule has 186 valence electrons.